The van der Waals surface area contributed by atoms with Crippen molar-refractivity contribution in [3.63, 3.8) is 0 Å². The quantitative estimate of drug-likeness (QED) is 0.626. The molecule has 108 valence electrons. The van der Waals surface area contributed by atoms with Crippen molar-refractivity contribution in [1.82, 2.24) is 0 Å². The smallest absolute Gasteiger partial charge is 0.174 e. The molecule has 2 rings (SSSR count). The average molecular weight is 284 g/mol. The minimum Gasteiger partial charge on any atom is -0.174 e. The summed E-state index contributed by atoms with van der Waals surface area (Å²) >= 11 is 0. The second-order valence-corrected chi connectivity index (χ2v) is 4.96. The number of rotatable bonds is 6. The molecule has 0 aromatic heterocycles. The third-order valence-corrected chi connectivity index (χ3v) is 3.51. The fraction of sp³-hybridized carbons (Fsp3) is 0.158. The summed E-state index contributed by atoms with van der Waals surface area (Å²) in [5.74, 6) is -0.269. The van der Waals surface area contributed by atoms with Gasteiger partial charge in [0.05, 0.1) is 0 Å². The van der Waals surface area contributed by atoms with Crippen LogP contribution in [0.1, 0.15) is 29.0 Å². The van der Waals surface area contributed by atoms with E-state index in [9.17, 15) is 8.78 Å². The van der Waals surface area contributed by atoms with Gasteiger partial charge in [-0.15, -0.1) is 0 Å². The van der Waals surface area contributed by atoms with Crippen molar-refractivity contribution in [3.8, 4) is 0 Å². The molecule has 0 aliphatic heterocycles. The van der Waals surface area contributed by atoms with Crippen LogP contribution in [-0.4, -0.2) is 0 Å². The molecule has 0 N–H and O–H groups in total. The molecule has 0 amide bonds. The Bertz CT molecular complexity index is 593. The van der Waals surface area contributed by atoms with Crippen LogP contribution in [0.15, 0.2) is 73.3 Å². The first-order chi connectivity index (χ1) is 10.2. The van der Waals surface area contributed by atoms with Gasteiger partial charge >= 0.3 is 0 Å². The van der Waals surface area contributed by atoms with E-state index in [1.54, 1.807) is 6.08 Å². The molecule has 0 spiro atoms. The van der Waals surface area contributed by atoms with Crippen molar-refractivity contribution in [2.24, 2.45) is 0 Å². The fourth-order valence-electron chi connectivity index (χ4n) is 2.34. The minimum absolute atomic E-state index is 0.269. The highest BCUT2D eigenvalue weighted by atomic mass is 19.3. The van der Waals surface area contributed by atoms with Crippen molar-refractivity contribution >= 4 is 6.08 Å². The largest absolute Gasteiger partial charge is 0.266 e. The van der Waals surface area contributed by atoms with Gasteiger partial charge in [0.25, 0.3) is 6.08 Å². The number of allylic oxidation sites excluding steroid dienone is 1. The summed E-state index contributed by atoms with van der Waals surface area (Å²) in [7, 11) is 0. The third kappa shape index (κ3) is 4.67. The molecule has 0 radical (unpaired) electrons. The van der Waals surface area contributed by atoms with E-state index in [1.807, 2.05) is 54.6 Å². The average Bonchev–Trinajstić information content (AvgIpc) is 2.52. The Morgan fingerprint density at radius 3 is 2.24 bits per heavy atom. The van der Waals surface area contributed by atoms with E-state index >= 15 is 0 Å². The first-order valence-corrected chi connectivity index (χ1v) is 6.98. The molecule has 2 heteroatoms. The Labute approximate surface area is 124 Å². The molecular formula is C19H18F2. The van der Waals surface area contributed by atoms with Crippen LogP contribution in [0.4, 0.5) is 8.78 Å². The van der Waals surface area contributed by atoms with Gasteiger partial charge in [-0.05, 0) is 35.6 Å². The number of aryl methyl sites for hydroxylation is 1. The summed E-state index contributed by atoms with van der Waals surface area (Å²) in [6, 6.07) is 17.5. The van der Waals surface area contributed by atoms with Gasteiger partial charge in [0.15, 0.2) is 0 Å². The van der Waals surface area contributed by atoms with Crippen LogP contribution in [0.3, 0.4) is 0 Å². The molecule has 0 aliphatic carbocycles. The zero-order valence-electron chi connectivity index (χ0n) is 11.8. The summed E-state index contributed by atoms with van der Waals surface area (Å²) in [6.07, 6.45) is 2.61. The van der Waals surface area contributed by atoms with Crippen LogP contribution in [0, 0.1) is 0 Å². The number of hydrogen-bond donors (Lipinski definition) is 0. The fourth-order valence-corrected chi connectivity index (χ4v) is 2.34. The van der Waals surface area contributed by atoms with Crippen LogP contribution < -0.4 is 0 Å². The van der Waals surface area contributed by atoms with Crippen LogP contribution in [0.5, 0.6) is 0 Å². The van der Waals surface area contributed by atoms with Gasteiger partial charge in [-0.2, -0.15) is 8.78 Å². The molecule has 2 aromatic rings. The topological polar surface area (TPSA) is 0 Å². The van der Waals surface area contributed by atoms with Gasteiger partial charge in [-0.3, -0.25) is 0 Å². The second-order valence-electron chi connectivity index (χ2n) is 4.96. The van der Waals surface area contributed by atoms with E-state index in [2.05, 4.69) is 6.58 Å². The Kier molecular flexibility index (Phi) is 5.44. The van der Waals surface area contributed by atoms with Gasteiger partial charge in [0.2, 0.25) is 0 Å². The van der Waals surface area contributed by atoms with E-state index in [0.717, 1.165) is 29.2 Å². The standard InChI is InChI=1S/C19H18F2/c1-2-15-8-11-17(12-9-15)18(14-19(20)21)13-10-16-6-4-3-5-7-16/h2-9,11-12,14,18H,1,10,13H2. The highest BCUT2D eigenvalue weighted by Gasteiger charge is 2.11. The summed E-state index contributed by atoms with van der Waals surface area (Å²) < 4.78 is 25.4. The monoisotopic (exact) mass is 284 g/mol. The minimum atomic E-state index is -1.62. The van der Waals surface area contributed by atoms with Crippen LogP contribution in [0.25, 0.3) is 6.08 Å². The maximum atomic E-state index is 12.7. The Morgan fingerprint density at radius 1 is 1.00 bits per heavy atom. The molecule has 1 unspecified atom stereocenters. The van der Waals surface area contributed by atoms with Crippen molar-refractivity contribution < 1.29 is 8.78 Å². The van der Waals surface area contributed by atoms with Crippen molar-refractivity contribution in [3.05, 3.63) is 90.0 Å². The van der Waals surface area contributed by atoms with Gasteiger partial charge in [0, 0.05) is 5.92 Å². The Hall–Kier alpha value is -2.22. The molecular weight excluding hydrogens is 266 g/mol. The lowest BCUT2D eigenvalue weighted by atomic mass is 9.91. The SMILES string of the molecule is C=Cc1ccc(C(C=C(F)F)CCc2ccccc2)cc1. The van der Waals surface area contributed by atoms with Crippen molar-refractivity contribution in [1.29, 1.82) is 0 Å². The number of benzene rings is 2. The molecule has 0 bridgehead atoms. The highest BCUT2D eigenvalue weighted by molar-refractivity contribution is 5.47. The molecule has 1 atom stereocenters. The van der Waals surface area contributed by atoms with Gasteiger partial charge in [-0.1, -0.05) is 67.3 Å². The summed E-state index contributed by atoms with van der Waals surface area (Å²) in [6.45, 7) is 3.70. The Balaban J connectivity index is 2.14. The third-order valence-electron chi connectivity index (χ3n) is 3.51. The lowest BCUT2D eigenvalue weighted by Gasteiger charge is -2.13. The zero-order valence-corrected chi connectivity index (χ0v) is 11.8. The lowest BCUT2D eigenvalue weighted by Crippen LogP contribution is -1.99. The molecule has 21 heavy (non-hydrogen) atoms. The lowest BCUT2D eigenvalue weighted by molar-refractivity contribution is 0.413. The maximum absolute atomic E-state index is 12.7. The normalized spacial score (nSPS) is 11.7. The molecule has 0 saturated heterocycles. The van der Waals surface area contributed by atoms with Crippen LogP contribution in [0.2, 0.25) is 0 Å². The molecule has 0 nitrogen and oxygen atoms in total. The Morgan fingerprint density at radius 2 is 1.67 bits per heavy atom. The van der Waals surface area contributed by atoms with Gasteiger partial charge in [-0.25, -0.2) is 0 Å². The molecule has 0 fully saturated rings. The van der Waals surface area contributed by atoms with Crippen molar-refractivity contribution in [2.75, 3.05) is 0 Å². The predicted molar refractivity (Wildman–Crippen MR) is 84.3 cm³/mol. The van der Waals surface area contributed by atoms with Gasteiger partial charge < -0.3 is 0 Å². The van der Waals surface area contributed by atoms with E-state index < -0.39 is 6.08 Å². The summed E-state index contributed by atoms with van der Waals surface area (Å²) in [5, 5.41) is 0. The molecule has 0 heterocycles. The number of halogens is 2. The predicted octanol–water partition coefficient (Wildman–Crippen LogP) is 5.83. The maximum Gasteiger partial charge on any atom is 0.266 e. The first kappa shape index (κ1) is 15.2. The van der Waals surface area contributed by atoms with Crippen LogP contribution >= 0.6 is 0 Å². The molecule has 0 saturated carbocycles. The number of hydrogen-bond acceptors (Lipinski definition) is 0. The van der Waals surface area contributed by atoms with E-state index in [0.29, 0.717) is 6.42 Å². The summed E-state index contributed by atoms with van der Waals surface area (Å²) in [5.41, 5.74) is 3.06. The first-order valence-electron chi connectivity index (χ1n) is 6.98. The molecule has 0 aliphatic rings. The summed E-state index contributed by atoms with van der Waals surface area (Å²) in [4.78, 5) is 0. The van der Waals surface area contributed by atoms with E-state index in [4.69, 9.17) is 0 Å². The van der Waals surface area contributed by atoms with E-state index in [-0.39, 0.29) is 5.92 Å². The zero-order chi connectivity index (χ0) is 15.1. The second kappa shape index (κ2) is 7.53. The van der Waals surface area contributed by atoms with E-state index in [1.165, 1.54) is 0 Å². The van der Waals surface area contributed by atoms with Crippen molar-refractivity contribution in [2.45, 2.75) is 18.8 Å². The van der Waals surface area contributed by atoms with Gasteiger partial charge in [0.1, 0.15) is 0 Å². The molecule has 2 aromatic carbocycles. The highest BCUT2D eigenvalue weighted by Crippen LogP contribution is 2.26. The van der Waals surface area contributed by atoms with Crippen LogP contribution in [-0.2, 0) is 6.42 Å².